The van der Waals surface area contributed by atoms with Gasteiger partial charge >= 0.3 is 11.7 Å². The number of hydrogen-bond acceptors (Lipinski definition) is 4. The summed E-state index contributed by atoms with van der Waals surface area (Å²) in [4.78, 5) is 20.3. The maximum Gasteiger partial charge on any atom is 0.311 e. The molecule has 0 fully saturated rings. The van der Waals surface area contributed by atoms with Gasteiger partial charge in [0.25, 0.3) is 0 Å². The zero-order valence-electron chi connectivity index (χ0n) is 8.92. The van der Waals surface area contributed by atoms with Crippen LogP contribution in [0.4, 0.5) is 10.1 Å². The fourth-order valence-electron chi connectivity index (χ4n) is 1.24. The highest BCUT2D eigenvalue weighted by atomic mass is 19.1. The van der Waals surface area contributed by atoms with Crippen LogP contribution >= 0.6 is 0 Å². The van der Waals surface area contributed by atoms with E-state index in [-0.39, 0.29) is 12.2 Å². The normalized spacial score (nSPS) is 11.9. The van der Waals surface area contributed by atoms with Gasteiger partial charge in [0, 0.05) is 12.1 Å². The summed E-state index contributed by atoms with van der Waals surface area (Å²) in [6.07, 6.45) is -1.11. The molecule has 0 aliphatic carbocycles. The van der Waals surface area contributed by atoms with E-state index < -0.39 is 28.5 Å². The summed E-state index contributed by atoms with van der Waals surface area (Å²) in [6, 6.07) is 2.77. The van der Waals surface area contributed by atoms with Gasteiger partial charge in [0.2, 0.25) is 0 Å². The third-order valence-electron chi connectivity index (χ3n) is 1.91. The standard InChI is InChI=1S/C10H10FNO5/c1-6(4-10(13)14)17-9-5-7(11)2-3-8(9)12(15)16/h2-3,5-6H,4H2,1H3,(H,13,14)/t6-/m0/s1. The second-order valence-electron chi connectivity index (χ2n) is 3.40. The number of carboxylic acid groups (broad SMARTS) is 1. The van der Waals surface area contributed by atoms with E-state index in [0.29, 0.717) is 0 Å². The highest BCUT2D eigenvalue weighted by Crippen LogP contribution is 2.28. The predicted molar refractivity (Wildman–Crippen MR) is 55.4 cm³/mol. The lowest BCUT2D eigenvalue weighted by atomic mass is 10.2. The van der Waals surface area contributed by atoms with Crippen LogP contribution in [-0.2, 0) is 4.79 Å². The van der Waals surface area contributed by atoms with Gasteiger partial charge in [-0.2, -0.15) is 0 Å². The highest BCUT2D eigenvalue weighted by Gasteiger charge is 2.19. The molecule has 0 saturated heterocycles. The minimum absolute atomic E-state index is 0.274. The summed E-state index contributed by atoms with van der Waals surface area (Å²) in [7, 11) is 0. The summed E-state index contributed by atoms with van der Waals surface area (Å²) in [5, 5.41) is 19.1. The minimum Gasteiger partial charge on any atom is -0.483 e. The summed E-state index contributed by atoms with van der Waals surface area (Å²) < 4.78 is 17.9. The number of ether oxygens (including phenoxy) is 1. The monoisotopic (exact) mass is 243 g/mol. The Hall–Kier alpha value is -2.18. The number of carbonyl (C=O) groups is 1. The quantitative estimate of drug-likeness (QED) is 0.630. The van der Waals surface area contributed by atoms with Crippen LogP contribution in [-0.4, -0.2) is 22.1 Å². The van der Waals surface area contributed by atoms with Gasteiger partial charge in [0.1, 0.15) is 11.9 Å². The molecule has 1 N–H and O–H groups in total. The lowest BCUT2D eigenvalue weighted by Crippen LogP contribution is -2.17. The molecule has 92 valence electrons. The Bertz CT molecular complexity index is 448. The van der Waals surface area contributed by atoms with Crippen molar-refractivity contribution in [1.29, 1.82) is 0 Å². The third-order valence-corrected chi connectivity index (χ3v) is 1.91. The van der Waals surface area contributed by atoms with E-state index in [0.717, 1.165) is 18.2 Å². The fourth-order valence-corrected chi connectivity index (χ4v) is 1.24. The van der Waals surface area contributed by atoms with Crippen LogP contribution in [0, 0.1) is 15.9 Å². The minimum atomic E-state index is -1.10. The topological polar surface area (TPSA) is 89.7 Å². The maximum absolute atomic E-state index is 12.9. The highest BCUT2D eigenvalue weighted by molar-refractivity contribution is 5.67. The Morgan fingerprint density at radius 1 is 1.65 bits per heavy atom. The van der Waals surface area contributed by atoms with Crippen molar-refractivity contribution in [2.24, 2.45) is 0 Å². The number of nitrogens with zero attached hydrogens (tertiary/aromatic N) is 1. The smallest absolute Gasteiger partial charge is 0.311 e. The zero-order valence-corrected chi connectivity index (χ0v) is 8.92. The molecule has 17 heavy (non-hydrogen) atoms. The van der Waals surface area contributed by atoms with Crippen LogP contribution in [0.1, 0.15) is 13.3 Å². The second kappa shape index (κ2) is 5.24. The first-order valence-electron chi connectivity index (χ1n) is 4.72. The Balaban J connectivity index is 2.92. The summed E-state index contributed by atoms with van der Waals surface area (Å²) >= 11 is 0. The lowest BCUT2D eigenvalue weighted by Gasteiger charge is -2.12. The molecule has 0 unspecified atom stereocenters. The van der Waals surface area contributed by atoms with Crippen LogP contribution in [0.2, 0.25) is 0 Å². The Kier molecular flexibility index (Phi) is 3.97. The number of aliphatic carboxylic acids is 1. The van der Waals surface area contributed by atoms with E-state index >= 15 is 0 Å². The SMILES string of the molecule is C[C@@H](CC(=O)O)Oc1cc(F)ccc1[N+](=O)[O-]. The number of nitro benzene ring substituents is 1. The van der Waals surface area contributed by atoms with Crippen molar-refractivity contribution in [3.63, 3.8) is 0 Å². The number of benzene rings is 1. The molecule has 1 atom stereocenters. The average molecular weight is 243 g/mol. The third kappa shape index (κ3) is 3.71. The molecule has 6 nitrogen and oxygen atoms in total. The van der Waals surface area contributed by atoms with Gasteiger partial charge in [-0.3, -0.25) is 14.9 Å². The Morgan fingerprint density at radius 3 is 2.82 bits per heavy atom. The van der Waals surface area contributed by atoms with Crippen LogP contribution in [0.25, 0.3) is 0 Å². The number of halogens is 1. The van der Waals surface area contributed by atoms with Gasteiger partial charge in [-0.1, -0.05) is 0 Å². The van der Waals surface area contributed by atoms with Crippen molar-refractivity contribution in [2.75, 3.05) is 0 Å². The molecule has 0 radical (unpaired) electrons. The number of hydrogen-bond donors (Lipinski definition) is 1. The average Bonchev–Trinajstić information content (AvgIpc) is 2.15. The van der Waals surface area contributed by atoms with Crippen molar-refractivity contribution >= 4 is 11.7 Å². The maximum atomic E-state index is 12.9. The largest absolute Gasteiger partial charge is 0.483 e. The van der Waals surface area contributed by atoms with Gasteiger partial charge in [0.15, 0.2) is 5.75 Å². The number of rotatable bonds is 5. The molecule has 1 aromatic carbocycles. The van der Waals surface area contributed by atoms with Gasteiger partial charge in [-0.05, 0) is 13.0 Å². The van der Waals surface area contributed by atoms with Gasteiger partial charge in [-0.15, -0.1) is 0 Å². The first-order chi connectivity index (χ1) is 7.90. The first kappa shape index (κ1) is 12.9. The van der Waals surface area contributed by atoms with E-state index in [1.54, 1.807) is 0 Å². The molecule has 1 rings (SSSR count). The molecule has 0 amide bonds. The predicted octanol–water partition coefficient (Wildman–Crippen LogP) is 1.98. The summed E-state index contributed by atoms with van der Waals surface area (Å²) in [5.74, 6) is -2.06. The molecule has 1 aromatic rings. The molecule has 7 heteroatoms. The van der Waals surface area contributed by atoms with Crippen molar-refractivity contribution in [3.05, 3.63) is 34.1 Å². The van der Waals surface area contributed by atoms with Crippen molar-refractivity contribution in [1.82, 2.24) is 0 Å². The van der Waals surface area contributed by atoms with Crippen molar-refractivity contribution < 1.29 is 24.0 Å². The molecule has 0 heterocycles. The van der Waals surface area contributed by atoms with E-state index in [2.05, 4.69) is 0 Å². The van der Waals surface area contributed by atoms with E-state index in [9.17, 15) is 19.3 Å². The molecule has 0 aliphatic rings. The molecule has 0 aliphatic heterocycles. The van der Waals surface area contributed by atoms with E-state index in [1.807, 2.05) is 0 Å². The van der Waals surface area contributed by atoms with Crippen LogP contribution in [0.3, 0.4) is 0 Å². The second-order valence-corrected chi connectivity index (χ2v) is 3.40. The van der Waals surface area contributed by atoms with E-state index in [4.69, 9.17) is 9.84 Å². The first-order valence-corrected chi connectivity index (χ1v) is 4.72. The van der Waals surface area contributed by atoms with Crippen molar-refractivity contribution in [2.45, 2.75) is 19.4 Å². The zero-order chi connectivity index (χ0) is 13.0. The summed E-state index contributed by atoms with van der Waals surface area (Å²) in [6.45, 7) is 1.43. The molecule has 0 aromatic heterocycles. The summed E-state index contributed by atoms with van der Waals surface area (Å²) in [5.41, 5.74) is -0.399. The Labute approximate surface area is 95.8 Å². The number of carboxylic acids is 1. The number of nitro groups is 1. The Morgan fingerprint density at radius 2 is 2.29 bits per heavy atom. The molecule has 0 saturated carbocycles. The van der Waals surface area contributed by atoms with Crippen molar-refractivity contribution in [3.8, 4) is 5.75 Å². The molecule has 0 spiro atoms. The van der Waals surface area contributed by atoms with E-state index in [1.165, 1.54) is 6.92 Å². The van der Waals surface area contributed by atoms with Gasteiger partial charge in [0.05, 0.1) is 11.3 Å². The van der Waals surface area contributed by atoms with Gasteiger partial charge in [-0.25, -0.2) is 4.39 Å². The molecular weight excluding hydrogens is 233 g/mol. The van der Waals surface area contributed by atoms with Crippen LogP contribution < -0.4 is 4.74 Å². The van der Waals surface area contributed by atoms with Crippen LogP contribution in [0.5, 0.6) is 5.75 Å². The van der Waals surface area contributed by atoms with Gasteiger partial charge < -0.3 is 9.84 Å². The molecule has 0 bridgehead atoms. The van der Waals surface area contributed by atoms with Crippen LogP contribution in [0.15, 0.2) is 18.2 Å². The lowest BCUT2D eigenvalue weighted by molar-refractivity contribution is -0.386. The fraction of sp³-hybridized carbons (Fsp3) is 0.300. The molecular formula is C10H10FNO5.